The van der Waals surface area contributed by atoms with E-state index in [1.165, 1.54) is 18.9 Å². The Morgan fingerprint density at radius 3 is 2.41 bits per heavy atom. The summed E-state index contributed by atoms with van der Waals surface area (Å²) in [5, 5.41) is 15.6. The van der Waals surface area contributed by atoms with Crippen molar-refractivity contribution in [1.82, 2.24) is 9.97 Å². The second-order valence-electron chi connectivity index (χ2n) is 12.6. The maximum Gasteiger partial charge on any atom is 0.258 e. The lowest BCUT2D eigenvalue weighted by Crippen LogP contribution is -2.45. The SMILES string of the molecule is Cc1cc(NC(=O)c2ccc(S(=O)(=O)CC3(C)COC3)cc2N2CCC3(CC2)CC3)nc(NC(C)(C)CO)n1. The topological polar surface area (TPSA) is 134 Å². The molecule has 10 nitrogen and oxygen atoms in total. The summed E-state index contributed by atoms with van der Waals surface area (Å²) < 4.78 is 32.0. The first kappa shape index (κ1) is 27.8. The Balaban J connectivity index is 1.43. The number of hydrogen-bond donors (Lipinski definition) is 3. The molecule has 2 aliphatic heterocycles. The lowest BCUT2D eigenvalue weighted by molar-refractivity contribution is -0.0870. The molecule has 39 heavy (non-hydrogen) atoms. The number of sulfone groups is 1. The summed E-state index contributed by atoms with van der Waals surface area (Å²) in [6.45, 7) is 9.67. The molecule has 1 spiro atoms. The lowest BCUT2D eigenvalue weighted by Gasteiger charge is -2.38. The number of aromatic nitrogens is 2. The molecule has 1 saturated carbocycles. The molecule has 2 aromatic rings. The number of aliphatic hydroxyl groups excluding tert-OH is 1. The van der Waals surface area contributed by atoms with E-state index in [0.29, 0.717) is 47.3 Å². The fourth-order valence-corrected chi connectivity index (χ4v) is 7.16. The highest BCUT2D eigenvalue weighted by molar-refractivity contribution is 7.91. The number of ether oxygens (including phenoxy) is 1. The monoisotopic (exact) mass is 557 g/mol. The number of aliphatic hydroxyl groups is 1. The molecule has 1 aromatic heterocycles. The molecule has 212 valence electrons. The number of hydrogen-bond acceptors (Lipinski definition) is 9. The van der Waals surface area contributed by atoms with Gasteiger partial charge in [0.25, 0.3) is 5.91 Å². The molecule has 3 N–H and O–H groups in total. The predicted molar refractivity (Wildman–Crippen MR) is 150 cm³/mol. The standard InChI is InChI=1S/C28H39N5O5S/c1-19-13-23(31-25(29-19)32-26(2,3)15-34)30-24(35)21-6-5-20(39(36,37)18-27(4)16-38-17-27)14-22(21)33-11-9-28(7-8-28)10-12-33/h5-6,13-14,34H,7-12,15-18H2,1-4H3,(H2,29,30,31,32,35). The van der Waals surface area contributed by atoms with Crippen LogP contribution in [0.1, 0.15) is 62.5 Å². The Bertz CT molecular complexity index is 1360. The van der Waals surface area contributed by atoms with Gasteiger partial charge in [-0.1, -0.05) is 6.92 Å². The number of benzene rings is 1. The van der Waals surface area contributed by atoms with Crippen molar-refractivity contribution in [3.05, 3.63) is 35.5 Å². The van der Waals surface area contributed by atoms with Crippen molar-refractivity contribution in [1.29, 1.82) is 0 Å². The van der Waals surface area contributed by atoms with Crippen LogP contribution in [0.2, 0.25) is 0 Å². The Labute approximate surface area is 230 Å². The zero-order valence-corrected chi connectivity index (χ0v) is 24.0. The molecule has 1 amide bonds. The average Bonchev–Trinajstić information content (AvgIpc) is 3.61. The largest absolute Gasteiger partial charge is 0.394 e. The van der Waals surface area contributed by atoms with E-state index < -0.39 is 15.4 Å². The summed E-state index contributed by atoms with van der Waals surface area (Å²) in [4.78, 5) is 24.8. The fourth-order valence-electron chi connectivity index (χ4n) is 5.35. The molecular weight excluding hydrogens is 518 g/mol. The van der Waals surface area contributed by atoms with Gasteiger partial charge in [-0.05, 0) is 70.1 Å². The minimum atomic E-state index is -3.57. The van der Waals surface area contributed by atoms with Gasteiger partial charge in [-0.25, -0.2) is 13.4 Å². The van der Waals surface area contributed by atoms with Crippen LogP contribution in [-0.2, 0) is 14.6 Å². The first-order valence-corrected chi connectivity index (χ1v) is 15.2. The van der Waals surface area contributed by atoms with E-state index in [9.17, 15) is 18.3 Å². The molecule has 1 aliphatic carbocycles. The van der Waals surface area contributed by atoms with Gasteiger partial charge in [0.2, 0.25) is 5.95 Å². The van der Waals surface area contributed by atoms with Crippen molar-refractivity contribution in [2.45, 2.75) is 63.8 Å². The van der Waals surface area contributed by atoms with Gasteiger partial charge in [0.1, 0.15) is 5.82 Å². The van der Waals surface area contributed by atoms with Crippen LogP contribution < -0.4 is 15.5 Å². The van der Waals surface area contributed by atoms with Crippen LogP contribution in [0, 0.1) is 17.8 Å². The van der Waals surface area contributed by atoms with Gasteiger partial charge >= 0.3 is 0 Å². The van der Waals surface area contributed by atoms with Crippen molar-refractivity contribution < 1.29 is 23.1 Å². The van der Waals surface area contributed by atoms with Crippen molar-refractivity contribution in [2.75, 3.05) is 54.2 Å². The normalized spacial score (nSPS) is 19.9. The smallest absolute Gasteiger partial charge is 0.258 e. The maximum absolute atomic E-state index is 13.6. The third-order valence-corrected chi connectivity index (χ3v) is 10.1. The van der Waals surface area contributed by atoms with E-state index in [1.807, 2.05) is 20.8 Å². The maximum atomic E-state index is 13.6. The van der Waals surface area contributed by atoms with Crippen LogP contribution in [-0.4, -0.2) is 73.6 Å². The van der Waals surface area contributed by atoms with Gasteiger partial charge in [0, 0.05) is 30.3 Å². The van der Waals surface area contributed by atoms with E-state index in [-0.39, 0.29) is 28.6 Å². The molecule has 1 aromatic carbocycles. The van der Waals surface area contributed by atoms with Crippen LogP contribution in [0.3, 0.4) is 0 Å². The molecule has 0 bridgehead atoms. The highest BCUT2D eigenvalue weighted by Gasteiger charge is 2.45. The van der Waals surface area contributed by atoms with Crippen molar-refractivity contribution in [2.24, 2.45) is 10.8 Å². The zero-order valence-electron chi connectivity index (χ0n) is 23.2. The van der Waals surface area contributed by atoms with E-state index in [4.69, 9.17) is 4.74 Å². The third-order valence-electron chi connectivity index (χ3n) is 8.08. The molecule has 0 atom stereocenters. The molecule has 2 saturated heterocycles. The van der Waals surface area contributed by atoms with E-state index >= 15 is 0 Å². The summed E-state index contributed by atoms with van der Waals surface area (Å²) >= 11 is 0. The summed E-state index contributed by atoms with van der Waals surface area (Å²) in [5.41, 5.74) is 1.09. The minimum Gasteiger partial charge on any atom is -0.394 e. The summed E-state index contributed by atoms with van der Waals surface area (Å²) in [7, 11) is -3.57. The number of carbonyl (C=O) groups is 1. The lowest BCUT2D eigenvalue weighted by atomic mass is 9.92. The van der Waals surface area contributed by atoms with E-state index in [0.717, 1.165) is 25.9 Å². The van der Waals surface area contributed by atoms with Crippen LogP contribution >= 0.6 is 0 Å². The van der Waals surface area contributed by atoms with Crippen molar-refractivity contribution >= 4 is 33.2 Å². The van der Waals surface area contributed by atoms with E-state index in [2.05, 4.69) is 25.5 Å². The first-order chi connectivity index (χ1) is 18.3. The number of piperidine rings is 1. The average molecular weight is 558 g/mol. The number of amides is 1. The minimum absolute atomic E-state index is 0.00821. The second-order valence-corrected chi connectivity index (χ2v) is 14.6. The molecule has 0 radical (unpaired) electrons. The second kappa shape index (κ2) is 10.0. The first-order valence-electron chi connectivity index (χ1n) is 13.6. The van der Waals surface area contributed by atoms with Crippen LogP contribution in [0.5, 0.6) is 0 Å². The molecule has 3 heterocycles. The van der Waals surface area contributed by atoms with E-state index in [1.54, 1.807) is 25.1 Å². The van der Waals surface area contributed by atoms with Crippen LogP contribution in [0.25, 0.3) is 0 Å². The Morgan fingerprint density at radius 1 is 1.13 bits per heavy atom. The molecular formula is C28H39N5O5S. The van der Waals surface area contributed by atoms with Crippen molar-refractivity contribution in [3.8, 4) is 0 Å². The third kappa shape index (κ3) is 6.20. The quantitative estimate of drug-likeness (QED) is 0.424. The van der Waals surface area contributed by atoms with Crippen LogP contribution in [0.4, 0.5) is 17.5 Å². The van der Waals surface area contributed by atoms with Gasteiger partial charge in [0.05, 0.1) is 47.3 Å². The zero-order chi connectivity index (χ0) is 28.1. The Morgan fingerprint density at radius 2 is 1.82 bits per heavy atom. The van der Waals surface area contributed by atoms with Gasteiger partial charge < -0.3 is 25.4 Å². The highest BCUT2D eigenvalue weighted by atomic mass is 32.2. The predicted octanol–water partition coefficient (Wildman–Crippen LogP) is 3.41. The molecule has 0 unspecified atom stereocenters. The van der Waals surface area contributed by atoms with Gasteiger partial charge in [-0.15, -0.1) is 0 Å². The number of rotatable bonds is 9. The number of nitrogens with zero attached hydrogens (tertiary/aromatic N) is 3. The molecule has 3 aliphatic rings. The van der Waals surface area contributed by atoms with Gasteiger partial charge in [-0.3, -0.25) is 4.79 Å². The van der Waals surface area contributed by atoms with Crippen molar-refractivity contribution in [3.63, 3.8) is 0 Å². The summed E-state index contributed by atoms with van der Waals surface area (Å²) in [6, 6.07) is 6.48. The number of carbonyl (C=O) groups excluding carboxylic acids is 1. The molecule has 5 rings (SSSR count). The highest BCUT2D eigenvalue weighted by Crippen LogP contribution is 2.54. The summed E-state index contributed by atoms with van der Waals surface area (Å²) in [5.74, 6) is 0.254. The summed E-state index contributed by atoms with van der Waals surface area (Å²) in [6.07, 6.45) is 4.59. The molecule has 11 heteroatoms. The van der Waals surface area contributed by atoms with Gasteiger partial charge in [-0.2, -0.15) is 4.98 Å². The number of aryl methyl sites for hydroxylation is 1. The Hall–Kier alpha value is -2.76. The van der Waals surface area contributed by atoms with Crippen LogP contribution in [0.15, 0.2) is 29.2 Å². The van der Waals surface area contributed by atoms with Gasteiger partial charge in [0.15, 0.2) is 9.84 Å². The Kier molecular flexibility index (Phi) is 7.13. The number of anilines is 3. The fraction of sp³-hybridized carbons (Fsp3) is 0.607. The number of nitrogens with one attached hydrogen (secondary N) is 2. The molecule has 3 fully saturated rings.